The van der Waals surface area contributed by atoms with Crippen LogP contribution in [0, 0.1) is 22.7 Å². The molecule has 0 saturated carbocycles. The number of nitriles is 2. The molecule has 0 aliphatic heterocycles. The lowest BCUT2D eigenvalue weighted by Crippen LogP contribution is -2.45. The normalized spacial score (nSPS) is 9.67. The van der Waals surface area contributed by atoms with Crippen LogP contribution in [0.2, 0.25) is 0 Å². The van der Waals surface area contributed by atoms with E-state index in [1.165, 1.54) is 24.3 Å². The first-order valence-corrected chi connectivity index (χ1v) is 6.91. The van der Waals surface area contributed by atoms with Gasteiger partial charge in [0.15, 0.2) is 6.04 Å². The minimum atomic E-state index is -1.41. The molecular formula is C17H13N5O2. The van der Waals surface area contributed by atoms with Gasteiger partial charge in [-0.1, -0.05) is 0 Å². The highest BCUT2D eigenvalue weighted by atomic mass is 16.2. The second-order valence-corrected chi connectivity index (χ2v) is 4.83. The fourth-order valence-electron chi connectivity index (χ4n) is 1.82. The van der Waals surface area contributed by atoms with E-state index >= 15 is 0 Å². The van der Waals surface area contributed by atoms with E-state index in [-0.39, 0.29) is 0 Å². The van der Waals surface area contributed by atoms with Crippen LogP contribution in [0.5, 0.6) is 0 Å². The van der Waals surface area contributed by atoms with Gasteiger partial charge in [-0.25, -0.2) is 0 Å². The summed E-state index contributed by atoms with van der Waals surface area (Å²) in [5.41, 5.74) is 7.41. The SMILES string of the molecule is N#Cc1ccc(NC(=O)C(N)C(=O)Nc2ccc(C#N)cc2)cc1. The Kier molecular flexibility index (Phi) is 5.24. The number of hydrogen-bond donors (Lipinski definition) is 3. The van der Waals surface area contributed by atoms with Crippen LogP contribution in [-0.2, 0) is 9.59 Å². The zero-order valence-electron chi connectivity index (χ0n) is 12.5. The maximum atomic E-state index is 12.0. The Morgan fingerprint density at radius 3 is 1.42 bits per heavy atom. The molecule has 7 heteroatoms. The summed E-state index contributed by atoms with van der Waals surface area (Å²) < 4.78 is 0. The number of nitrogens with zero attached hydrogens (tertiary/aromatic N) is 2. The largest absolute Gasteiger partial charge is 0.324 e. The summed E-state index contributed by atoms with van der Waals surface area (Å²) in [5, 5.41) is 22.4. The minimum absolute atomic E-state index is 0.431. The first kappa shape index (κ1) is 16.7. The highest BCUT2D eigenvalue weighted by Gasteiger charge is 2.22. The highest BCUT2D eigenvalue weighted by molar-refractivity contribution is 6.14. The lowest BCUT2D eigenvalue weighted by atomic mass is 10.2. The van der Waals surface area contributed by atoms with Crippen LogP contribution < -0.4 is 16.4 Å². The second-order valence-electron chi connectivity index (χ2n) is 4.83. The number of carbonyl (C=O) groups is 2. The summed E-state index contributed by atoms with van der Waals surface area (Å²) >= 11 is 0. The van der Waals surface area contributed by atoms with Crippen molar-refractivity contribution < 1.29 is 9.59 Å². The molecule has 0 fully saturated rings. The Morgan fingerprint density at radius 1 is 0.792 bits per heavy atom. The van der Waals surface area contributed by atoms with E-state index in [1.54, 1.807) is 24.3 Å². The number of rotatable bonds is 4. The van der Waals surface area contributed by atoms with Crippen molar-refractivity contribution in [1.29, 1.82) is 10.5 Å². The third kappa shape index (κ3) is 4.17. The minimum Gasteiger partial charge on any atom is -0.324 e. The van der Waals surface area contributed by atoms with E-state index in [2.05, 4.69) is 10.6 Å². The number of carbonyl (C=O) groups excluding carboxylic acids is 2. The van der Waals surface area contributed by atoms with Gasteiger partial charge in [-0.2, -0.15) is 10.5 Å². The molecule has 0 spiro atoms. The molecule has 118 valence electrons. The van der Waals surface area contributed by atoms with E-state index in [0.717, 1.165) is 0 Å². The van der Waals surface area contributed by atoms with Gasteiger partial charge in [0.05, 0.1) is 23.3 Å². The first-order valence-electron chi connectivity index (χ1n) is 6.91. The first-order chi connectivity index (χ1) is 11.5. The fraction of sp³-hybridized carbons (Fsp3) is 0.0588. The van der Waals surface area contributed by atoms with Crippen molar-refractivity contribution in [3.05, 3.63) is 59.7 Å². The van der Waals surface area contributed by atoms with E-state index in [9.17, 15) is 9.59 Å². The van der Waals surface area contributed by atoms with Crippen LogP contribution >= 0.6 is 0 Å². The van der Waals surface area contributed by atoms with E-state index in [1.807, 2.05) is 12.1 Å². The third-order valence-electron chi connectivity index (χ3n) is 3.13. The molecule has 7 nitrogen and oxygen atoms in total. The number of benzene rings is 2. The van der Waals surface area contributed by atoms with E-state index < -0.39 is 17.9 Å². The fourth-order valence-corrected chi connectivity index (χ4v) is 1.82. The molecule has 0 aromatic heterocycles. The third-order valence-corrected chi connectivity index (χ3v) is 3.13. The summed E-state index contributed by atoms with van der Waals surface area (Å²) in [4.78, 5) is 24.0. The maximum Gasteiger partial charge on any atom is 0.251 e. The van der Waals surface area contributed by atoms with Crippen molar-refractivity contribution in [2.24, 2.45) is 5.73 Å². The van der Waals surface area contributed by atoms with Crippen LogP contribution in [0.3, 0.4) is 0 Å². The second kappa shape index (κ2) is 7.54. The quantitative estimate of drug-likeness (QED) is 0.731. The van der Waals surface area contributed by atoms with Crippen molar-refractivity contribution >= 4 is 23.2 Å². The molecule has 0 radical (unpaired) electrons. The van der Waals surface area contributed by atoms with Gasteiger partial charge in [-0.05, 0) is 48.5 Å². The van der Waals surface area contributed by atoms with Crippen molar-refractivity contribution in [1.82, 2.24) is 0 Å². The Hall–Kier alpha value is -3.68. The number of nitrogens with one attached hydrogen (secondary N) is 2. The molecule has 2 aromatic carbocycles. The van der Waals surface area contributed by atoms with Gasteiger partial charge in [0.2, 0.25) is 0 Å². The van der Waals surface area contributed by atoms with Gasteiger partial charge in [0, 0.05) is 11.4 Å². The Labute approximate surface area is 138 Å². The van der Waals surface area contributed by atoms with Crippen molar-refractivity contribution in [3.8, 4) is 12.1 Å². The van der Waals surface area contributed by atoms with Crippen molar-refractivity contribution in [3.63, 3.8) is 0 Å². The van der Waals surface area contributed by atoms with Crippen LogP contribution in [0.1, 0.15) is 11.1 Å². The van der Waals surface area contributed by atoms with Crippen LogP contribution in [0.4, 0.5) is 11.4 Å². The zero-order chi connectivity index (χ0) is 17.5. The van der Waals surface area contributed by atoms with Gasteiger partial charge in [-0.15, -0.1) is 0 Å². The smallest absolute Gasteiger partial charge is 0.251 e. The number of anilines is 2. The summed E-state index contributed by atoms with van der Waals surface area (Å²) in [6.45, 7) is 0. The molecule has 24 heavy (non-hydrogen) atoms. The van der Waals surface area contributed by atoms with Gasteiger partial charge in [0.25, 0.3) is 11.8 Å². The van der Waals surface area contributed by atoms with Gasteiger partial charge < -0.3 is 16.4 Å². The predicted molar refractivity (Wildman–Crippen MR) is 87.5 cm³/mol. The Morgan fingerprint density at radius 2 is 1.12 bits per heavy atom. The monoisotopic (exact) mass is 319 g/mol. The molecule has 0 heterocycles. The average molecular weight is 319 g/mol. The van der Waals surface area contributed by atoms with Gasteiger partial charge in [0.1, 0.15) is 0 Å². The summed E-state index contributed by atoms with van der Waals surface area (Å²) in [6, 6.07) is 14.9. The number of nitrogens with two attached hydrogens (primary N) is 1. The van der Waals surface area contributed by atoms with Crippen LogP contribution in [0.15, 0.2) is 48.5 Å². The molecule has 2 aromatic rings. The molecule has 0 aliphatic rings. The lowest BCUT2D eigenvalue weighted by Gasteiger charge is -2.12. The molecular weight excluding hydrogens is 306 g/mol. The van der Waals surface area contributed by atoms with Gasteiger partial charge in [-0.3, -0.25) is 9.59 Å². The number of amides is 2. The molecule has 0 bridgehead atoms. The van der Waals surface area contributed by atoms with Crippen LogP contribution in [-0.4, -0.2) is 17.9 Å². The summed E-state index contributed by atoms with van der Waals surface area (Å²) in [7, 11) is 0. The molecule has 0 saturated heterocycles. The topological polar surface area (TPSA) is 132 Å². The van der Waals surface area contributed by atoms with Crippen molar-refractivity contribution in [2.45, 2.75) is 6.04 Å². The van der Waals surface area contributed by atoms with E-state index in [0.29, 0.717) is 22.5 Å². The van der Waals surface area contributed by atoms with Crippen LogP contribution in [0.25, 0.3) is 0 Å². The van der Waals surface area contributed by atoms with Crippen molar-refractivity contribution in [2.75, 3.05) is 10.6 Å². The summed E-state index contributed by atoms with van der Waals surface area (Å²) in [5.74, 6) is -1.35. The Bertz CT molecular complexity index is 758. The standard InChI is InChI=1S/C17H13N5O2/c18-9-11-1-5-13(6-2-11)21-16(23)15(20)17(24)22-14-7-3-12(10-19)4-8-14/h1-8,15H,20H2,(H,21,23)(H,22,24). The zero-order valence-corrected chi connectivity index (χ0v) is 12.5. The maximum absolute atomic E-state index is 12.0. The molecule has 0 atom stereocenters. The average Bonchev–Trinajstić information content (AvgIpc) is 2.62. The van der Waals surface area contributed by atoms with E-state index in [4.69, 9.17) is 16.3 Å². The lowest BCUT2D eigenvalue weighted by molar-refractivity contribution is -0.125. The number of hydrogen-bond acceptors (Lipinski definition) is 5. The summed E-state index contributed by atoms with van der Waals surface area (Å²) in [6.07, 6.45) is 0. The van der Waals surface area contributed by atoms with Gasteiger partial charge >= 0.3 is 0 Å². The molecule has 2 rings (SSSR count). The highest BCUT2D eigenvalue weighted by Crippen LogP contribution is 2.11. The molecule has 0 unspecified atom stereocenters. The molecule has 2 amide bonds. The molecule has 4 N–H and O–H groups in total. The Balaban J connectivity index is 1.97. The molecule has 0 aliphatic carbocycles. The predicted octanol–water partition coefficient (Wildman–Crippen LogP) is 1.33.